The van der Waals surface area contributed by atoms with Crippen molar-refractivity contribution in [3.63, 3.8) is 0 Å². The third-order valence-corrected chi connectivity index (χ3v) is 3.94. The summed E-state index contributed by atoms with van der Waals surface area (Å²) >= 11 is 0. The van der Waals surface area contributed by atoms with E-state index in [9.17, 15) is 14.7 Å². The molecular formula is C17H21NO4. The van der Waals surface area contributed by atoms with Gasteiger partial charge in [0, 0.05) is 17.5 Å². The van der Waals surface area contributed by atoms with E-state index in [1.807, 2.05) is 13.8 Å². The van der Waals surface area contributed by atoms with Gasteiger partial charge in [0.1, 0.15) is 12.2 Å². The van der Waals surface area contributed by atoms with Crippen molar-refractivity contribution < 1.29 is 19.4 Å². The van der Waals surface area contributed by atoms with Crippen molar-refractivity contribution in [3.05, 3.63) is 41.5 Å². The molecule has 2 rings (SSSR count). The van der Waals surface area contributed by atoms with Crippen LogP contribution in [0.15, 0.2) is 35.9 Å². The molecule has 0 saturated heterocycles. The number of ketones is 1. The highest BCUT2D eigenvalue weighted by molar-refractivity contribution is 5.96. The second-order valence-corrected chi connectivity index (χ2v) is 6.38. The van der Waals surface area contributed by atoms with Gasteiger partial charge in [-0.2, -0.15) is 0 Å². The van der Waals surface area contributed by atoms with Gasteiger partial charge in [-0.05, 0) is 42.8 Å². The molecular weight excluding hydrogens is 282 g/mol. The Balaban J connectivity index is 2.24. The van der Waals surface area contributed by atoms with E-state index in [2.05, 4.69) is 0 Å². The molecule has 1 aromatic carbocycles. The van der Waals surface area contributed by atoms with Gasteiger partial charge in [-0.25, -0.2) is 4.79 Å². The van der Waals surface area contributed by atoms with Crippen molar-refractivity contribution in [1.29, 1.82) is 0 Å². The minimum absolute atomic E-state index is 0.0462. The lowest BCUT2D eigenvalue weighted by Crippen LogP contribution is -2.42. The number of hydrogen-bond donors (Lipinski definition) is 2. The topological polar surface area (TPSA) is 89.6 Å². The van der Waals surface area contributed by atoms with Crippen molar-refractivity contribution in [2.45, 2.75) is 39.4 Å². The number of ether oxygens (including phenoxy) is 1. The van der Waals surface area contributed by atoms with Crippen molar-refractivity contribution >= 4 is 17.4 Å². The molecule has 0 fully saturated rings. The standard InChI is InChI=1S/C17H21NO4/c1-10-8-13(19)15(17(2,3)9-14(10)20)22-16(21)11-4-6-12(18)7-5-11/h4-8,13,15,19H,9,18H2,1-3H3. The van der Waals surface area contributed by atoms with E-state index in [1.54, 1.807) is 31.2 Å². The number of allylic oxidation sites excluding steroid dienone is 1. The molecule has 5 heteroatoms. The van der Waals surface area contributed by atoms with Crippen molar-refractivity contribution in [3.8, 4) is 0 Å². The quantitative estimate of drug-likeness (QED) is 0.645. The van der Waals surface area contributed by atoms with Crippen LogP contribution < -0.4 is 5.73 Å². The van der Waals surface area contributed by atoms with Gasteiger partial charge in [0.05, 0.1) is 5.56 Å². The van der Waals surface area contributed by atoms with Crippen molar-refractivity contribution in [2.75, 3.05) is 5.73 Å². The molecule has 5 nitrogen and oxygen atoms in total. The first-order valence-corrected chi connectivity index (χ1v) is 7.17. The second kappa shape index (κ2) is 5.93. The first-order chi connectivity index (χ1) is 10.2. The van der Waals surface area contributed by atoms with Crippen LogP contribution >= 0.6 is 0 Å². The van der Waals surface area contributed by atoms with Gasteiger partial charge in [-0.15, -0.1) is 0 Å². The zero-order valence-corrected chi connectivity index (χ0v) is 13.0. The van der Waals surface area contributed by atoms with Gasteiger partial charge in [0.25, 0.3) is 0 Å². The number of anilines is 1. The zero-order chi connectivity index (χ0) is 16.5. The molecule has 1 aromatic rings. The van der Waals surface area contributed by atoms with E-state index in [-0.39, 0.29) is 12.2 Å². The Morgan fingerprint density at radius 2 is 1.91 bits per heavy atom. The van der Waals surface area contributed by atoms with E-state index in [1.165, 1.54) is 6.08 Å². The average Bonchev–Trinajstić information content (AvgIpc) is 2.49. The number of aliphatic hydroxyl groups excluding tert-OH is 1. The summed E-state index contributed by atoms with van der Waals surface area (Å²) in [5, 5.41) is 10.3. The highest BCUT2D eigenvalue weighted by Crippen LogP contribution is 2.35. The number of rotatable bonds is 2. The Kier molecular flexibility index (Phi) is 4.37. The SMILES string of the molecule is CC1=CC(O)C(OC(=O)c2ccc(N)cc2)C(C)(C)CC1=O. The molecule has 0 bridgehead atoms. The van der Waals surface area contributed by atoms with Crippen LogP contribution in [-0.4, -0.2) is 29.1 Å². The summed E-state index contributed by atoms with van der Waals surface area (Å²) < 4.78 is 5.49. The van der Waals surface area contributed by atoms with Crippen LogP contribution in [0, 0.1) is 5.41 Å². The van der Waals surface area contributed by atoms with Crippen LogP contribution in [0.25, 0.3) is 0 Å². The molecule has 0 aliphatic heterocycles. The smallest absolute Gasteiger partial charge is 0.338 e. The third kappa shape index (κ3) is 3.36. The Bertz CT molecular complexity index is 616. The van der Waals surface area contributed by atoms with Crippen LogP contribution in [0.1, 0.15) is 37.6 Å². The zero-order valence-electron chi connectivity index (χ0n) is 13.0. The lowest BCUT2D eigenvalue weighted by Gasteiger charge is -2.33. The predicted molar refractivity (Wildman–Crippen MR) is 83.2 cm³/mol. The number of carbonyl (C=O) groups is 2. The van der Waals surface area contributed by atoms with E-state index in [0.717, 1.165) is 0 Å². The number of aliphatic hydroxyl groups is 1. The number of nitrogen functional groups attached to an aromatic ring is 1. The molecule has 1 aliphatic rings. The molecule has 0 saturated carbocycles. The second-order valence-electron chi connectivity index (χ2n) is 6.38. The van der Waals surface area contributed by atoms with Gasteiger partial charge < -0.3 is 15.6 Å². The van der Waals surface area contributed by atoms with Gasteiger partial charge in [-0.1, -0.05) is 13.8 Å². The van der Waals surface area contributed by atoms with E-state index < -0.39 is 23.6 Å². The largest absolute Gasteiger partial charge is 0.455 e. The molecule has 2 atom stereocenters. The Morgan fingerprint density at radius 1 is 1.32 bits per heavy atom. The van der Waals surface area contributed by atoms with Crippen LogP contribution in [0.4, 0.5) is 5.69 Å². The molecule has 118 valence electrons. The fourth-order valence-electron chi connectivity index (χ4n) is 2.58. The maximum Gasteiger partial charge on any atom is 0.338 e. The first kappa shape index (κ1) is 16.2. The number of hydrogen-bond acceptors (Lipinski definition) is 5. The maximum atomic E-state index is 12.3. The highest BCUT2D eigenvalue weighted by atomic mass is 16.6. The van der Waals surface area contributed by atoms with Crippen LogP contribution in [0.5, 0.6) is 0 Å². The Hall–Kier alpha value is -2.14. The molecule has 0 aromatic heterocycles. The van der Waals surface area contributed by atoms with E-state index >= 15 is 0 Å². The van der Waals surface area contributed by atoms with Crippen LogP contribution in [0.2, 0.25) is 0 Å². The normalized spacial score (nSPS) is 24.4. The van der Waals surface area contributed by atoms with Crippen LogP contribution in [0.3, 0.4) is 0 Å². The third-order valence-electron chi connectivity index (χ3n) is 3.94. The fraction of sp³-hybridized carbons (Fsp3) is 0.412. The van der Waals surface area contributed by atoms with Crippen molar-refractivity contribution in [2.24, 2.45) is 5.41 Å². The molecule has 0 spiro atoms. The van der Waals surface area contributed by atoms with Crippen LogP contribution in [-0.2, 0) is 9.53 Å². The Labute approximate surface area is 129 Å². The van der Waals surface area contributed by atoms with E-state index in [0.29, 0.717) is 16.8 Å². The minimum atomic E-state index is -1.01. The highest BCUT2D eigenvalue weighted by Gasteiger charge is 2.41. The molecule has 2 unspecified atom stereocenters. The van der Waals surface area contributed by atoms with E-state index in [4.69, 9.17) is 10.5 Å². The number of Topliss-reactive ketones (excluding diaryl/α,β-unsaturated/α-hetero) is 1. The molecule has 0 heterocycles. The molecule has 22 heavy (non-hydrogen) atoms. The first-order valence-electron chi connectivity index (χ1n) is 7.17. The number of nitrogens with two attached hydrogens (primary N) is 1. The maximum absolute atomic E-state index is 12.3. The van der Waals surface area contributed by atoms with Gasteiger partial charge in [-0.3, -0.25) is 4.79 Å². The number of esters is 1. The summed E-state index contributed by atoms with van der Waals surface area (Å²) in [7, 11) is 0. The summed E-state index contributed by atoms with van der Waals surface area (Å²) in [5.41, 5.74) is 6.33. The lowest BCUT2D eigenvalue weighted by atomic mass is 9.80. The summed E-state index contributed by atoms with van der Waals surface area (Å²) in [5.74, 6) is -0.590. The molecule has 0 radical (unpaired) electrons. The van der Waals surface area contributed by atoms with Gasteiger partial charge >= 0.3 is 5.97 Å². The fourth-order valence-corrected chi connectivity index (χ4v) is 2.58. The van der Waals surface area contributed by atoms with Gasteiger partial charge in [0.15, 0.2) is 5.78 Å². The van der Waals surface area contributed by atoms with Gasteiger partial charge in [0.2, 0.25) is 0 Å². The van der Waals surface area contributed by atoms with Crippen molar-refractivity contribution in [1.82, 2.24) is 0 Å². The average molecular weight is 303 g/mol. The lowest BCUT2D eigenvalue weighted by molar-refractivity contribution is -0.119. The predicted octanol–water partition coefficient (Wildman–Crippen LogP) is 2.10. The summed E-state index contributed by atoms with van der Waals surface area (Å²) in [6, 6.07) is 6.36. The summed E-state index contributed by atoms with van der Waals surface area (Å²) in [6.07, 6.45) is -0.137. The molecule has 1 aliphatic carbocycles. The Morgan fingerprint density at radius 3 is 2.50 bits per heavy atom. The monoisotopic (exact) mass is 303 g/mol. The molecule has 0 amide bonds. The summed E-state index contributed by atoms with van der Waals surface area (Å²) in [6.45, 7) is 5.27. The number of carbonyl (C=O) groups excluding carboxylic acids is 2. The molecule has 3 N–H and O–H groups in total. The number of benzene rings is 1. The minimum Gasteiger partial charge on any atom is -0.455 e. The summed E-state index contributed by atoms with van der Waals surface area (Å²) in [4.78, 5) is 24.2.